The standard InChI is InChI=1S/C26H29N5O5/c1-18(32)27-20-5-7-21(8-6-20)36-17-26(33)31-14-12-30(13-15-31)25-11-9-22(28-29-25)19-4-10-23(34-2)24(16-19)35-3/h4-11,16H,12-15,17H2,1-3H3,(H,27,32). The molecule has 3 aromatic rings. The third kappa shape index (κ3) is 6.01. The summed E-state index contributed by atoms with van der Waals surface area (Å²) in [5.74, 6) is 2.41. The number of carbonyl (C=O) groups is 2. The smallest absolute Gasteiger partial charge is 0.260 e. The highest BCUT2D eigenvalue weighted by Crippen LogP contribution is 2.31. The molecule has 0 atom stereocenters. The van der Waals surface area contributed by atoms with Gasteiger partial charge in [-0.1, -0.05) is 0 Å². The van der Waals surface area contributed by atoms with Crippen LogP contribution >= 0.6 is 0 Å². The molecule has 1 aromatic heterocycles. The molecule has 1 aliphatic heterocycles. The van der Waals surface area contributed by atoms with Gasteiger partial charge in [0.05, 0.1) is 19.9 Å². The molecule has 0 aliphatic carbocycles. The van der Waals surface area contributed by atoms with Gasteiger partial charge in [-0.2, -0.15) is 0 Å². The fraction of sp³-hybridized carbons (Fsp3) is 0.308. The van der Waals surface area contributed by atoms with Crippen LogP contribution in [-0.4, -0.2) is 73.9 Å². The van der Waals surface area contributed by atoms with Gasteiger partial charge in [0.2, 0.25) is 5.91 Å². The lowest BCUT2D eigenvalue weighted by molar-refractivity contribution is -0.133. The number of piperazine rings is 1. The first kappa shape index (κ1) is 24.8. The van der Waals surface area contributed by atoms with E-state index in [-0.39, 0.29) is 18.4 Å². The van der Waals surface area contributed by atoms with E-state index in [4.69, 9.17) is 14.2 Å². The second kappa shape index (κ2) is 11.4. The normalized spacial score (nSPS) is 13.2. The van der Waals surface area contributed by atoms with Crippen molar-refractivity contribution in [3.63, 3.8) is 0 Å². The zero-order valence-corrected chi connectivity index (χ0v) is 20.6. The number of hydrogen-bond donors (Lipinski definition) is 1. The molecule has 1 aliphatic rings. The van der Waals surface area contributed by atoms with Crippen molar-refractivity contribution in [1.29, 1.82) is 0 Å². The minimum Gasteiger partial charge on any atom is -0.493 e. The molecule has 2 aromatic carbocycles. The van der Waals surface area contributed by atoms with E-state index in [9.17, 15) is 9.59 Å². The van der Waals surface area contributed by atoms with Crippen LogP contribution in [0.3, 0.4) is 0 Å². The molecule has 2 amide bonds. The molecular weight excluding hydrogens is 462 g/mol. The van der Waals surface area contributed by atoms with Crippen molar-refractivity contribution in [2.45, 2.75) is 6.92 Å². The van der Waals surface area contributed by atoms with Gasteiger partial charge >= 0.3 is 0 Å². The Morgan fingerprint density at radius 2 is 1.61 bits per heavy atom. The summed E-state index contributed by atoms with van der Waals surface area (Å²) in [5.41, 5.74) is 2.29. The molecule has 0 unspecified atom stereocenters. The minimum atomic E-state index is -0.141. The fourth-order valence-corrected chi connectivity index (χ4v) is 3.90. The highest BCUT2D eigenvalue weighted by molar-refractivity contribution is 5.88. The van der Waals surface area contributed by atoms with Crippen molar-refractivity contribution in [3.05, 3.63) is 54.6 Å². The minimum absolute atomic E-state index is 0.0424. The van der Waals surface area contributed by atoms with Crippen LogP contribution in [0.2, 0.25) is 0 Å². The second-order valence-corrected chi connectivity index (χ2v) is 8.21. The fourth-order valence-electron chi connectivity index (χ4n) is 3.90. The first-order valence-corrected chi connectivity index (χ1v) is 11.6. The Morgan fingerprint density at radius 1 is 0.889 bits per heavy atom. The SMILES string of the molecule is COc1ccc(-c2ccc(N3CCN(C(=O)COc4ccc(NC(C)=O)cc4)CC3)nn2)cc1OC. The topological polar surface area (TPSA) is 106 Å². The van der Waals surface area contributed by atoms with Gasteiger partial charge in [0.15, 0.2) is 23.9 Å². The van der Waals surface area contributed by atoms with Crippen LogP contribution in [0.25, 0.3) is 11.3 Å². The summed E-state index contributed by atoms with van der Waals surface area (Å²) in [5, 5.41) is 11.5. The number of carbonyl (C=O) groups excluding carboxylic acids is 2. The number of nitrogens with zero attached hydrogens (tertiary/aromatic N) is 4. The molecule has 0 radical (unpaired) electrons. The van der Waals surface area contributed by atoms with Crippen LogP contribution < -0.4 is 24.4 Å². The predicted octanol–water partition coefficient (Wildman–Crippen LogP) is 2.85. The van der Waals surface area contributed by atoms with Crippen LogP contribution in [-0.2, 0) is 9.59 Å². The Morgan fingerprint density at radius 3 is 2.22 bits per heavy atom. The first-order valence-electron chi connectivity index (χ1n) is 11.6. The van der Waals surface area contributed by atoms with Gasteiger partial charge < -0.3 is 29.3 Å². The van der Waals surface area contributed by atoms with E-state index in [2.05, 4.69) is 20.4 Å². The van der Waals surface area contributed by atoms with Crippen LogP contribution in [0, 0.1) is 0 Å². The number of anilines is 2. The molecule has 10 nitrogen and oxygen atoms in total. The Balaban J connectivity index is 1.28. The Kier molecular flexibility index (Phi) is 7.84. The van der Waals surface area contributed by atoms with Crippen LogP contribution in [0.15, 0.2) is 54.6 Å². The summed E-state index contributed by atoms with van der Waals surface area (Å²) in [6.07, 6.45) is 0. The van der Waals surface area contributed by atoms with Gasteiger partial charge in [-0.25, -0.2) is 0 Å². The first-order chi connectivity index (χ1) is 17.5. The van der Waals surface area contributed by atoms with E-state index >= 15 is 0 Å². The average molecular weight is 492 g/mol. The van der Waals surface area contributed by atoms with Crippen molar-refractivity contribution in [2.75, 3.05) is 57.2 Å². The largest absolute Gasteiger partial charge is 0.493 e. The zero-order valence-electron chi connectivity index (χ0n) is 20.6. The molecule has 188 valence electrons. The molecule has 4 rings (SSSR count). The van der Waals surface area contributed by atoms with Crippen molar-refractivity contribution in [2.24, 2.45) is 0 Å². The Labute approximate surface area is 209 Å². The maximum absolute atomic E-state index is 12.6. The average Bonchev–Trinajstić information content (AvgIpc) is 2.92. The van der Waals surface area contributed by atoms with E-state index in [1.54, 1.807) is 43.4 Å². The summed E-state index contributed by atoms with van der Waals surface area (Å²) < 4.78 is 16.3. The van der Waals surface area contributed by atoms with Crippen molar-refractivity contribution in [1.82, 2.24) is 15.1 Å². The highest BCUT2D eigenvalue weighted by Gasteiger charge is 2.22. The molecule has 0 bridgehead atoms. The lowest BCUT2D eigenvalue weighted by Gasteiger charge is -2.35. The van der Waals surface area contributed by atoms with Crippen LogP contribution in [0.5, 0.6) is 17.2 Å². The highest BCUT2D eigenvalue weighted by atomic mass is 16.5. The van der Waals surface area contributed by atoms with Gasteiger partial charge in [-0.05, 0) is 54.6 Å². The van der Waals surface area contributed by atoms with Crippen molar-refractivity contribution < 1.29 is 23.8 Å². The third-order valence-corrected chi connectivity index (χ3v) is 5.82. The maximum Gasteiger partial charge on any atom is 0.260 e. The van der Waals surface area contributed by atoms with Gasteiger partial charge in [-0.3, -0.25) is 9.59 Å². The molecule has 2 heterocycles. The van der Waals surface area contributed by atoms with E-state index in [0.29, 0.717) is 49.1 Å². The molecular formula is C26H29N5O5. The van der Waals surface area contributed by atoms with E-state index < -0.39 is 0 Å². The summed E-state index contributed by atoms with van der Waals surface area (Å²) in [4.78, 5) is 27.6. The summed E-state index contributed by atoms with van der Waals surface area (Å²) in [7, 11) is 3.20. The second-order valence-electron chi connectivity index (χ2n) is 8.21. The molecule has 36 heavy (non-hydrogen) atoms. The summed E-state index contributed by atoms with van der Waals surface area (Å²) in [6.45, 7) is 3.86. The van der Waals surface area contributed by atoms with Gasteiger partial charge in [0, 0.05) is 44.4 Å². The van der Waals surface area contributed by atoms with Gasteiger partial charge in [0.1, 0.15) is 5.75 Å². The van der Waals surface area contributed by atoms with Crippen molar-refractivity contribution in [3.8, 4) is 28.5 Å². The predicted molar refractivity (Wildman–Crippen MR) is 136 cm³/mol. The number of benzene rings is 2. The molecule has 10 heteroatoms. The molecule has 1 fully saturated rings. The molecule has 1 N–H and O–H groups in total. The maximum atomic E-state index is 12.6. The van der Waals surface area contributed by atoms with E-state index in [1.807, 2.05) is 30.3 Å². The summed E-state index contributed by atoms with van der Waals surface area (Å²) >= 11 is 0. The monoisotopic (exact) mass is 491 g/mol. The number of ether oxygens (including phenoxy) is 3. The Bertz CT molecular complexity index is 1190. The lowest BCUT2D eigenvalue weighted by Crippen LogP contribution is -2.50. The number of rotatable bonds is 8. The number of nitrogens with one attached hydrogen (secondary N) is 1. The summed E-state index contributed by atoms with van der Waals surface area (Å²) in [6, 6.07) is 16.4. The zero-order chi connectivity index (χ0) is 25.5. The molecule has 0 spiro atoms. The number of hydrogen-bond acceptors (Lipinski definition) is 8. The van der Waals surface area contributed by atoms with Gasteiger partial charge in [-0.15, -0.1) is 10.2 Å². The molecule has 1 saturated heterocycles. The molecule has 0 saturated carbocycles. The van der Waals surface area contributed by atoms with Crippen molar-refractivity contribution >= 4 is 23.3 Å². The van der Waals surface area contributed by atoms with E-state index in [1.165, 1.54) is 6.92 Å². The van der Waals surface area contributed by atoms with Crippen LogP contribution in [0.4, 0.5) is 11.5 Å². The third-order valence-electron chi connectivity index (χ3n) is 5.82. The number of methoxy groups -OCH3 is 2. The number of aromatic nitrogens is 2. The van der Waals surface area contributed by atoms with E-state index in [0.717, 1.165) is 17.1 Å². The number of amides is 2. The quantitative estimate of drug-likeness (QED) is 0.513. The lowest BCUT2D eigenvalue weighted by atomic mass is 10.1. The Hall–Kier alpha value is -4.34. The van der Waals surface area contributed by atoms with Gasteiger partial charge in [0.25, 0.3) is 5.91 Å². The van der Waals surface area contributed by atoms with Crippen LogP contribution in [0.1, 0.15) is 6.92 Å².